The Hall–Kier alpha value is -1.20. The Morgan fingerprint density at radius 3 is 2.79 bits per heavy atom. The van der Waals surface area contributed by atoms with E-state index in [9.17, 15) is 4.79 Å². The van der Waals surface area contributed by atoms with E-state index < -0.39 is 0 Å². The van der Waals surface area contributed by atoms with Crippen LogP contribution in [0, 0.1) is 0 Å². The highest BCUT2D eigenvalue weighted by Gasteiger charge is 2.32. The quantitative estimate of drug-likeness (QED) is 0.808. The summed E-state index contributed by atoms with van der Waals surface area (Å²) in [5.74, 6) is 1.64. The molecular weight excluding hydrogens is 260 g/mol. The van der Waals surface area contributed by atoms with Gasteiger partial charge in [-0.1, -0.05) is 19.1 Å². The number of amides is 1. The van der Waals surface area contributed by atoms with Crippen molar-refractivity contribution < 1.29 is 9.53 Å². The topological polar surface area (TPSA) is 41.6 Å². The lowest BCUT2D eigenvalue weighted by Gasteiger charge is -2.24. The van der Waals surface area contributed by atoms with Crippen LogP contribution in [0.1, 0.15) is 17.9 Å². The number of carbonyl (C=O) groups excluding carboxylic acids is 1. The summed E-state index contributed by atoms with van der Waals surface area (Å²) in [6.45, 7) is 4.61. The predicted octanol–water partition coefficient (Wildman–Crippen LogP) is 1.88. The van der Waals surface area contributed by atoms with Crippen molar-refractivity contribution in [3.8, 4) is 5.75 Å². The molecule has 5 heteroatoms. The van der Waals surface area contributed by atoms with Gasteiger partial charge in [0, 0.05) is 13.1 Å². The number of nitrogens with zero attached hydrogens (tertiary/aromatic N) is 1. The van der Waals surface area contributed by atoms with Gasteiger partial charge in [0.05, 0.1) is 12.9 Å². The maximum atomic E-state index is 11.9. The Balaban J connectivity index is 2.05. The van der Waals surface area contributed by atoms with E-state index >= 15 is 0 Å². The van der Waals surface area contributed by atoms with Gasteiger partial charge in [-0.2, -0.15) is 0 Å². The summed E-state index contributed by atoms with van der Waals surface area (Å²) in [6, 6.07) is 7.97. The summed E-state index contributed by atoms with van der Waals surface area (Å²) in [6.07, 6.45) is 0. The van der Waals surface area contributed by atoms with Crippen molar-refractivity contribution in [3.05, 3.63) is 29.8 Å². The number of methoxy groups -OCH3 is 1. The smallest absolute Gasteiger partial charge is 0.233 e. The van der Waals surface area contributed by atoms with Crippen LogP contribution >= 0.6 is 11.8 Å². The Morgan fingerprint density at radius 1 is 1.42 bits per heavy atom. The van der Waals surface area contributed by atoms with Gasteiger partial charge >= 0.3 is 0 Å². The van der Waals surface area contributed by atoms with Gasteiger partial charge in [-0.25, -0.2) is 0 Å². The molecule has 1 fully saturated rings. The van der Waals surface area contributed by atoms with Crippen molar-refractivity contribution in [2.45, 2.75) is 12.3 Å². The summed E-state index contributed by atoms with van der Waals surface area (Å²) in [7, 11) is 1.66. The Kier molecular flexibility index (Phi) is 5.10. The number of ether oxygens (including phenoxy) is 1. The van der Waals surface area contributed by atoms with Gasteiger partial charge in [-0.05, 0) is 24.2 Å². The second-order valence-electron chi connectivity index (χ2n) is 4.38. The molecule has 1 saturated heterocycles. The molecule has 1 N–H and O–H groups in total. The number of hydrogen-bond donors (Lipinski definition) is 1. The van der Waals surface area contributed by atoms with E-state index in [1.165, 1.54) is 0 Å². The van der Waals surface area contributed by atoms with Crippen LogP contribution in [0.2, 0.25) is 0 Å². The molecule has 0 bridgehead atoms. The zero-order valence-electron chi connectivity index (χ0n) is 11.4. The molecule has 1 heterocycles. The van der Waals surface area contributed by atoms with Crippen LogP contribution in [0.4, 0.5) is 0 Å². The lowest BCUT2D eigenvalue weighted by molar-refractivity contribution is -0.128. The molecule has 0 aromatic heterocycles. The Labute approximate surface area is 118 Å². The molecule has 0 spiro atoms. The minimum atomic E-state index is 0.136. The maximum Gasteiger partial charge on any atom is 0.233 e. The lowest BCUT2D eigenvalue weighted by atomic mass is 10.2. The van der Waals surface area contributed by atoms with Crippen LogP contribution < -0.4 is 10.1 Å². The number of benzene rings is 1. The predicted molar refractivity (Wildman–Crippen MR) is 78.4 cm³/mol. The standard InChI is InChI=1S/C14H20N2O2S/c1-3-15-8-9-16-13(17)10-19-14(16)11-4-6-12(18-2)7-5-11/h4-7,14-15H,3,8-10H2,1-2H3. The fourth-order valence-corrected chi connectivity index (χ4v) is 3.34. The highest BCUT2D eigenvalue weighted by molar-refractivity contribution is 8.00. The maximum absolute atomic E-state index is 11.9. The first-order valence-corrected chi connectivity index (χ1v) is 7.57. The summed E-state index contributed by atoms with van der Waals surface area (Å²) >= 11 is 1.69. The third-order valence-electron chi connectivity index (χ3n) is 3.15. The molecule has 19 heavy (non-hydrogen) atoms. The monoisotopic (exact) mass is 280 g/mol. The van der Waals surface area contributed by atoms with Crippen molar-refractivity contribution in [1.82, 2.24) is 10.2 Å². The van der Waals surface area contributed by atoms with Crippen LogP contribution in [0.3, 0.4) is 0 Å². The van der Waals surface area contributed by atoms with Gasteiger partial charge in [-0.15, -0.1) is 11.8 Å². The van der Waals surface area contributed by atoms with Crippen LogP contribution in [0.25, 0.3) is 0 Å². The number of nitrogens with one attached hydrogen (secondary N) is 1. The normalized spacial score (nSPS) is 18.9. The van der Waals surface area contributed by atoms with Gasteiger partial charge in [-0.3, -0.25) is 4.79 Å². The summed E-state index contributed by atoms with van der Waals surface area (Å²) < 4.78 is 5.16. The fraction of sp³-hybridized carbons (Fsp3) is 0.500. The highest BCUT2D eigenvalue weighted by atomic mass is 32.2. The van der Waals surface area contributed by atoms with Crippen LogP contribution in [0.15, 0.2) is 24.3 Å². The molecule has 4 nitrogen and oxygen atoms in total. The number of carbonyl (C=O) groups is 1. The fourth-order valence-electron chi connectivity index (χ4n) is 2.12. The van der Waals surface area contributed by atoms with Gasteiger partial charge in [0.2, 0.25) is 5.91 Å². The molecule has 1 aromatic rings. The molecule has 1 aliphatic heterocycles. The third-order valence-corrected chi connectivity index (χ3v) is 4.40. The van der Waals surface area contributed by atoms with Gasteiger partial charge in [0.25, 0.3) is 0 Å². The van der Waals surface area contributed by atoms with Crippen molar-refractivity contribution in [3.63, 3.8) is 0 Å². The van der Waals surface area contributed by atoms with E-state index in [1.54, 1.807) is 18.9 Å². The zero-order chi connectivity index (χ0) is 13.7. The van der Waals surface area contributed by atoms with Gasteiger partial charge < -0.3 is 15.0 Å². The number of likely N-dealkylation sites (N-methyl/N-ethyl adjacent to an activating group) is 1. The minimum absolute atomic E-state index is 0.136. The molecular formula is C14H20N2O2S. The molecule has 0 aliphatic carbocycles. The molecule has 104 valence electrons. The van der Waals surface area contributed by atoms with E-state index in [4.69, 9.17) is 4.74 Å². The van der Waals surface area contributed by atoms with Crippen molar-refractivity contribution in [2.24, 2.45) is 0 Å². The van der Waals surface area contributed by atoms with Crippen LogP contribution in [-0.2, 0) is 4.79 Å². The van der Waals surface area contributed by atoms with Crippen molar-refractivity contribution in [1.29, 1.82) is 0 Å². The Bertz CT molecular complexity index is 422. The van der Waals surface area contributed by atoms with Crippen LogP contribution in [0.5, 0.6) is 5.75 Å². The molecule has 0 saturated carbocycles. The molecule has 0 radical (unpaired) electrons. The van der Waals surface area contributed by atoms with E-state index in [1.807, 2.05) is 29.2 Å². The molecule has 1 unspecified atom stereocenters. The van der Waals surface area contributed by atoms with Crippen molar-refractivity contribution >= 4 is 17.7 Å². The van der Waals surface area contributed by atoms with E-state index in [0.717, 1.165) is 30.9 Å². The summed E-state index contributed by atoms with van der Waals surface area (Å²) in [5, 5.41) is 3.40. The molecule has 1 atom stereocenters. The van der Waals surface area contributed by atoms with Crippen molar-refractivity contribution in [2.75, 3.05) is 32.5 Å². The first-order valence-electron chi connectivity index (χ1n) is 6.52. The van der Waals surface area contributed by atoms with Gasteiger partial charge in [0.1, 0.15) is 11.1 Å². The van der Waals surface area contributed by atoms with Gasteiger partial charge in [0.15, 0.2) is 0 Å². The minimum Gasteiger partial charge on any atom is -0.497 e. The largest absolute Gasteiger partial charge is 0.497 e. The van der Waals surface area contributed by atoms with Crippen LogP contribution in [-0.4, -0.2) is 43.3 Å². The average Bonchev–Trinajstić information content (AvgIpc) is 2.81. The summed E-state index contributed by atoms with van der Waals surface area (Å²) in [5.41, 5.74) is 1.16. The van der Waals surface area contributed by atoms with E-state index in [2.05, 4.69) is 12.2 Å². The number of rotatable bonds is 6. The second kappa shape index (κ2) is 6.82. The molecule has 1 aliphatic rings. The lowest BCUT2D eigenvalue weighted by Crippen LogP contribution is -2.34. The first-order chi connectivity index (χ1) is 9.26. The second-order valence-corrected chi connectivity index (χ2v) is 5.45. The zero-order valence-corrected chi connectivity index (χ0v) is 12.2. The molecule has 2 rings (SSSR count). The SMILES string of the molecule is CCNCCN1C(=O)CSC1c1ccc(OC)cc1. The molecule has 1 amide bonds. The van der Waals surface area contributed by atoms with E-state index in [0.29, 0.717) is 5.75 Å². The number of hydrogen-bond acceptors (Lipinski definition) is 4. The average molecular weight is 280 g/mol. The summed E-state index contributed by atoms with van der Waals surface area (Å²) in [4.78, 5) is 13.9. The van der Waals surface area contributed by atoms with E-state index in [-0.39, 0.29) is 11.3 Å². The number of thioether (sulfide) groups is 1. The Morgan fingerprint density at radius 2 is 2.16 bits per heavy atom. The first kappa shape index (κ1) is 14.2. The highest BCUT2D eigenvalue weighted by Crippen LogP contribution is 2.38. The third kappa shape index (κ3) is 3.42. The molecule has 1 aromatic carbocycles.